The molecule has 1 aliphatic carbocycles. The number of amides is 1. The lowest BCUT2D eigenvalue weighted by atomic mass is 9.98. The number of fused-ring (bicyclic) bond motifs is 3. The third-order valence-corrected chi connectivity index (χ3v) is 6.07. The van der Waals surface area contributed by atoms with Gasteiger partial charge in [-0.15, -0.1) is 0 Å². The highest BCUT2D eigenvalue weighted by molar-refractivity contribution is 7.98. The number of hydrogen-bond donors (Lipinski definition) is 4. The van der Waals surface area contributed by atoms with Crippen LogP contribution in [0.1, 0.15) is 28.7 Å². The number of ether oxygens (including phenoxy) is 1. The van der Waals surface area contributed by atoms with Gasteiger partial charge in [-0.3, -0.25) is 4.79 Å². The van der Waals surface area contributed by atoms with Gasteiger partial charge in [-0.25, -0.2) is 9.78 Å². The Bertz CT molecular complexity index is 1140. The van der Waals surface area contributed by atoms with Crippen molar-refractivity contribution < 1.29 is 19.7 Å². The van der Waals surface area contributed by atoms with Crippen molar-refractivity contribution in [3.8, 4) is 11.1 Å². The van der Waals surface area contributed by atoms with E-state index in [0.717, 1.165) is 22.3 Å². The quantitative estimate of drug-likeness (QED) is 0.320. The van der Waals surface area contributed by atoms with Gasteiger partial charge in [0.2, 0.25) is 0 Å². The van der Waals surface area contributed by atoms with Crippen LogP contribution in [0.15, 0.2) is 64.7 Å². The summed E-state index contributed by atoms with van der Waals surface area (Å²) in [5.41, 5.74) is 3.82. The molecule has 3 aromatic rings. The lowest BCUT2D eigenvalue weighted by Crippen LogP contribution is -2.37. The maximum atomic E-state index is 12.2. The van der Waals surface area contributed by atoms with Crippen molar-refractivity contribution in [2.75, 3.05) is 19.4 Å². The summed E-state index contributed by atoms with van der Waals surface area (Å²) >= 11 is 1.25. The van der Waals surface area contributed by atoms with Crippen molar-refractivity contribution in [2.45, 2.75) is 23.3 Å². The molecule has 0 saturated carbocycles. The van der Waals surface area contributed by atoms with Gasteiger partial charge in [0.1, 0.15) is 18.8 Å². The van der Waals surface area contributed by atoms with Crippen LogP contribution in [0.5, 0.6) is 0 Å². The normalized spacial score (nSPS) is 14.3. The average molecular weight is 454 g/mol. The summed E-state index contributed by atoms with van der Waals surface area (Å²) < 4.78 is 5.40. The molecule has 4 N–H and O–H groups in total. The van der Waals surface area contributed by atoms with Crippen LogP contribution in [0.2, 0.25) is 0 Å². The minimum atomic E-state index is -1.50. The zero-order valence-corrected chi connectivity index (χ0v) is 18.1. The third kappa shape index (κ3) is 4.40. The lowest BCUT2D eigenvalue weighted by molar-refractivity contribution is 0.0174. The van der Waals surface area contributed by atoms with Gasteiger partial charge in [0.05, 0.1) is 5.56 Å². The first-order valence-corrected chi connectivity index (χ1v) is 11.3. The second-order valence-corrected chi connectivity index (χ2v) is 8.19. The number of aliphatic hydroxyl groups excluding tert-OH is 2. The van der Waals surface area contributed by atoms with Crippen LogP contribution in [0.3, 0.4) is 0 Å². The van der Waals surface area contributed by atoms with Crippen LogP contribution < -0.4 is 10.9 Å². The molecule has 9 heteroatoms. The maximum Gasteiger partial charge on any atom is 0.407 e. The standard InChI is InChI=1S/C23H23N3O5S/c1-32-22-24-10-17(21(29)26-22)20(28)19(27)11-25-23(30)31-12-18-15-8-4-2-6-13(15)14-7-3-5-9-16(14)18/h2-10,18-20,27-28H,11-12H2,1H3,(H,25,30)(H,24,26,29). The number of aromatic nitrogens is 2. The van der Waals surface area contributed by atoms with Crippen LogP contribution in [-0.4, -0.2) is 51.8 Å². The molecule has 4 rings (SSSR count). The Labute approximate surface area is 188 Å². The van der Waals surface area contributed by atoms with Gasteiger partial charge in [-0.05, 0) is 28.5 Å². The Kier molecular flexibility index (Phi) is 6.59. The lowest BCUT2D eigenvalue weighted by Gasteiger charge is -2.19. The molecule has 0 aliphatic heterocycles. The summed E-state index contributed by atoms with van der Waals surface area (Å²) in [6.07, 6.45) is -0.662. The molecule has 8 nitrogen and oxygen atoms in total. The summed E-state index contributed by atoms with van der Waals surface area (Å²) in [7, 11) is 0. The van der Waals surface area contributed by atoms with Gasteiger partial charge in [0.25, 0.3) is 5.56 Å². The second kappa shape index (κ2) is 9.56. The number of aliphatic hydroxyl groups is 2. The molecule has 1 amide bonds. The smallest absolute Gasteiger partial charge is 0.407 e. The molecule has 1 aromatic heterocycles. The number of thioether (sulfide) groups is 1. The molecule has 2 atom stereocenters. The maximum absolute atomic E-state index is 12.2. The van der Waals surface area contributed by atoms with Crippen LogP contribution in [-0.2, 0) is 4.74 Å². The van der Waals surface area contributed by atoms with Gasteiger partial charge in [0.15, 0.2) is 5.16 Å². The van der Waals surface area contributed by atoms with Crippen molar-refractivity contribution in [1.29, 1.82) is 0 Å². The summed E-state index contributed by atoms with van der Waals surface area (Å²) in [5, 5.41) is 23.3. The first kappa shape index (κ1) is 22.1. The van der Waals surface area contributed by atoms with Crippen LogP contribution in [0.4, 0.5) is 4.79 Å². The molecule has 0 fully saturated rings. The van der Waals surface area contributed by atoms with Crippen LogP contribution >= 0.6 is 11.8 Å². The summed E-state index contributed by atoms with van der Waals surface area (Å²) in [5.74, 6) is -0.0803. The minimum Gasteiger partial charge on any atom is -0.449 e. The molecule has 166 valence electrons. The van der Waals surface area contributed by atoms with E-state index in [-0.39, 0.29) is 24.6 Å². The van der Waals surface area contributed by atoms with Gasteiger partial charge in [-0.2, -0.15) is 0 Å². The number of nitrogens with one attached hydrogen (secondary N) is 2. The van der Waals surface area contributed by atoms with Gasteiger partial charge in [-0.1, -0.05) is 60.3 Å². The van der Waals surface area contributed by atoms with E-state index in [1.54, 1.807) is 6.26 Å². The third-order valence-electron chi connectivity index (χ3n) is 5.48. The number of nitrogens with zero attached hydrogens (tertiary/aromatic N) is 1. The Morgan fingerprint density at radius 2 is 1.78 bits per heavy atom. The monoisotopic (exact) mass is 453 g/mol. The SMILES string of the molecule is CSc1ncc(C(O)C(O)CNC(=O)OCC2c3ccccc3-c3ccccc32)c(=O)[nH]1. The molecule has 0 saturated heterocycles. The molecule has 2 unspecified atom stereocenters. The number of alkyl carbamates (subject to hydrolysis) is 1. The number of hydrogen-bond acceptors (Lipinski definition) is 7. The van der Waals surface area contributed by atoms with E-state index in [1.165, 1.54) is 18.0 Å². The van der Waals surface area contributed by atoms with Crippen LogP contribution in [0, 0.1) is 0 Å². The highest BCUT2D eigenvalue weighted by Crippen LogP contribution is 2.44. The minimum absolute atomic E-state index is 0.0790. The van der Waals surface area contributed by atoms with E-state index >= 15 is 0 Å². The molecule has 1 heterocycles. The molecule has 0 bridgehead atoms. The van der Waals surface area contributed by atoms with E-state index in [0.29, 0.717) is 5.16 Å². The number of H-pyrrole nitrogens is 1. The van der Waals surface area contributed by atoms with Crippen molar-refractivity contribution in [2.24, 2.45) is 0 Å². The topological polar surface area (TPSA) is 125 Å². The van der Waals surface area contributed by atoms with Gasteiger partial charge >= 0.3 is 6.09 Å². The summed E-state index contributed by atoms with van der Waals surface area (Å²) in [6.45, 7) is -0.153. The molecule has 0 spiro atoms. The number of rotatable bonds is 7. The predicted octanol–water partition coefficient (Wildman–Crippen LogP) is 2.42. The van der Waals surface area contributed by atoms with Crippen molar-refractivity contribution in [1.82, 2.24) is 15.3 Å². The average Bonchev–Trinajstić information content (AvgIpc) is 3.14. The van der Waals surface area contributed by atoms with E-state index in [9.17, 15) is 19.8 Å². The number of aromatic amines is 1. The van der Waals surface area contributed by atoms with Gasteiger partial charge in [0, 0.05) is 18.7 Å². The fraction of sp³-hybridized carbons (Fsp3) is 0.261. The molecule has 0 radical (unpaired) electrons. The molecule has 32 heavy (non-hydrogen) atoms. The Hall–Kier alpha value is -3.14. The Morgan fingerprint density at radius 1 is 1.16 bits per heavy atom. The number of carbonyl (C=O) groups excluding carboxylic acids is 1. The Morgan fingerprint density at radius 3 is 2.38 bits per heavy atom. The molecular weight excluding hydrogens is 430 g/mol. The number of benzene rings is 2. The van der Waals surface area contributed by atoms with Crippen molar-refractivity contribution in [3.05, 3.63) is 81.8 Å². The fourth-order valence-corrected chi connectivity index (χ4v) is 4.21. The number of carbonyl (C=O) groups is 1. The highest BCUT2D eigenvalue weighted by atomic mass is 32.2. The van der Waals surface area contributed by atoms with E-state index in [1.807, 2.05) is 48.5 Å². The van der Waals surface area contributed by atoms with Crippen molar-refractivity contribution in [3.63, 3.8) is 0 Å². The molecular formula is C23H23N3O5S. The molecule has 2 aromatic carbocycles. The summed E-state index contributed by atoms with van der Waals surface area (Å²) in [4.78, 5) is 30.8. The second-order valence-electron chi connectivity index (χ2n) is 7.40. The predicted molar refractivity (Wildman–Crippen MR) is 121 cm³/mol. The fourth-order valence-electron chi connectivity index (χ4n) is 3.86. The van der Waals surface area contributed by atoms with E-state index < -0.39 is 23.9 Å². The van der Waals surface area contributed by atoms with E-state index in [2.05, 4.69) is 15.3 Å². The first-order valence-electron chi connectivity index (χ1n) is 10.1. The van der Waals surface area contributed by atoms with E-state index in [4.69, 9.17) is 4.74 Å². The van der Waals surface area contributed by atoms with Gasteiger partial charge < -0.3 is 25.3 Å². The summed E-state index contributed by atoms with van der Waals surface area (Å²) in [6, 6.07) is 16.0. The highest BCUT2D eigenvalue weighted by Gasteiger charge is 2.29. The van der Waals surface area contributed by atoms with Crippen molar-refractivity contribution >= 4 is 17.9 Å². The zero-order valence-electron chi connectivity index (χ0n) is 17.3. The zero-order chi connectivity index (χ0) is 22.7. The van der Waals surface area contributed by atoms with Crippen LogP contribution in [0.25, 0.3) is 11.1 Å². The largest absolute Gasteiger partial charge is 0.449 e. The Balaban J connectivity index is 1.34. The molecule has 1 aliphatic rings. The first-order chi connectivity index (χ1) is 15.5.